The molecular weight excluding hydrogens is 364 g/mol. The summed E-state index contributed by atoms with van der Waals surface area (Å²) >= 11 is 6.23. The molecule has 0 radical (unpaired) electrons. The van der Waals surface area contributed by atoms with Gasteiger partial charge in [0, 0.05) is 11.3 Å². The predicted octanol–water partition coefficient (Wildman–Crippen LogP) is 1.08. The number of allylic oxidation sites excluding steroid dienone is 1. The molecule has 8 nitrogen and oxygen atoms in total. The Morgan fingerprint density at radius 2 is 2.00 bits per heavy atom. The van der Waals surface area contributed by atoms with Gasteiger partial charge in [0.1, 0.15) is 6.61 Å². The van der Waals surface area contributed by atoms with Gasteiger partial charge >= 0.3 is 6.03 Å². The molecule has 0 saturated carbocycles. The van der Waals surface area contributed by atoms with Crippen LogP contribution in [-0.4, -0.2) is 31.0 Å². The highest BCUT2D eigenvalue weighted by atomic mass is 35.5. The Bertz CT molecular complexity index is 790. The van der Waals surface area contributed by atoms with Gasteiger partial charge in [-0.1, -0.05) is 11.6 Å². The Morgan fingerprint density at radius 3 is 2.58 bits per heavy atom. The van der Waals surface area contributed by atoms with Crippen molar-refractivity contribution in [3.63, 3.8) is 0 Å². The van der Waals surface area contributed by atoms with Crippen molar-refractivity contribution in [1.82, 2.24) is 10.6 Å². The molecule has 1 heterocycles. The van der Waals surface area contributed by atoms with Crippen LogP contribution in [0.3, 0.4) is 0 Å². The molecule has 1 aromatic carbocycles. The lowest BCUT2D eigenvalue weighted by molar-refractivity contribution is -0.307. The highest BCUT2D eigenvalue weighted by molar-refractivity contribution is 6.32. The van der Waals surface area contributed by atoms with Gasteiger partial charge in [-0.05, 0) is 38.5 Å². The summed E-state index contributed by atoms with van der Waals surface area (Å²) < 4.78 is 10.6. The van der Waals surface area contributed by atoms with Gasteiger partial charge in [0.05, 0.1) is 23.6 Å². The second kappa shape index (κ2) is 8.09. The van der Waals surface area contributed by atoms with Crippen LogP contribution in [0.2, 0.25) is 5.02 Å². The maximum atomic E-state index is 12.0. The zero-order valence-corrected chi connectivity index (χ0v) is 15.2. The van der Waals surface area contributed by atoms with Crippen LogP contribution in [0.1, 0.15) is 32.4 Å². The number of Topliss-reactive ketones (excluding diaryl/α,β-unsaturated/α-hetero) is 1. The minimum atomic E-state index is -1.41. The SMILES string of the molecule is CCOc1cc(C2NC(=O)NC(C)=C2C(C)=O)cc(Cl)c1OCC(=O)[O-]. The molecule has 2 rings (SSSR count). The summed E-state index contributed by atoms with van der Waals surface area (Å²) in [5.41, 5.74) is 1.32. The number of carbonyl (C=O) groups is 3. The number of aliphatic carboxylic acids is 1. The summed E-state index contributed by atoms with van der Waals surface area (Å²) in [6.07, 6.45) is 0. The molecule has 1 aliphatic rings. The Hall–Kier alpha value is -2.74. The van der Waals surface area contributed by atoms with E-state index in [1.807, 2.05) is 0 Å². The molecule has 1 unspecified atom stereocenters. The molecule has 0 fully saturated rings. The zero-order valence-electron chi connectivity index (χ0n) is 14.5. The first-order valence-electron chi connectivity index (χ1n) is 7.82. The Labute approximate surface area is 155 Å². The van der Waals surface area contributed by atoms with Gasteiger partial charge in [0.25, 0.3) is 0 Å². The van der Waals surface area contributed by atoms with Crippen molar-refractivity contribution in [2.75, 3.05) is 13.2 Å². The number of carboxylic acids is 1. The Balaban J connectivity index is 2.52. The van der Waals surface area contributed by atoms with Crippen molar-refractivity contribution in [3.8, 4) is 11.5 Å². The van der Waals surface area contributed by atoms with Gasteiger partial charge < -0.3 is 30.0 Å². The molecule has 1 atom stereocenters. The van der Waals surface area contributed by atoms with Crippen LogP contribution in [0.25, 0.3) is 0 Å². The van der Waals surface area contributed by atoms with Crippen LogP contribution >= 0.6 is 11.6 Å². The first kappa shape index (κ1) is 19.6. The third kappa shape index (κ3) is 4.26. The molecule has 1 aromatic rings. The summed E-state index contributed by atoms with van der Waals surface area (Å²) in [4.78, 5) is 34.5. The van der Waals surface area contributed by atoms with Gasteiger partial charge in [-0.15, -0.1) is 0 Å². The summed E-state index contributed by atoms with van der Waals surface area (Å²) in [6.45, 7) is 4.34. The zero-order chi connectivity index (χ0) is 19.4. The third-order valence-electron chi connectivity index (χ3n) is 3.65. The first-order valence-corrected chi connectivity index (χ1v) is 8.20. The predicted molar refractivity (Wildman–Crippen MR) is 90.9 cm³/mol. The van der Waals surface area contributed by atoms with E-state index >= 15 is 0 Å². The van der Waals surface area contributed by atoms with Crippen LogP contribution in [-0.2, 0) is 9.59 Å². The maximum absolute atomic E-state index is 12.0. The second-order valence-electron chi connectivity index (χ2n) is 5.55. The minimum Gasteiger partial charge on any atom is -0.546 e. The third-order valence-corrected chi connectivity index (χ3v) is 3.93. The molecule has 0 aliphatic carbocycles. The minimum absolute atomic E-state index is 0.0480. The average Bonchev–Trinajstić information content (AvgIpc) is 2.52. The molecule has 0 bridgehead atoms. The number of nitrogens with one attached hydrogen (secondary N) is 2. The summed E-state index contributed by atoms with van der Waals surface area (Å²) in [7, 11) is 0. The quantitative estimate of drug-likeness (QED) is 0.730. The molecular formula is C17H18ClN2O6-. The van der Waals surface area contributed by atoms with E-state index in [0.717, 1.165) is 0 Å². The number of amides is 2. The molecule has 140 valence electrons. The number of hydrogen-bond acceptors (Lipinski definition) is 6. The molecule has 0 spiro atoms. The number of carboxylic acid groups (broad SMARTS) is 1. The first-order chi connectivity index (χ1) is 12.2. The molecule has 2 amide bonds. The summed E-state index contributed by atoms with van der Waals surface area (Å²) in [5.74, 6) is -1.38. The number of urea groups is 1. The smallest absolute Gasteiger partial charge is 0.319 e. The van der Waals surface area contributed by atoms with Gasteiger partial charge in [0.2, 0.25) is 0 Å². The van der Waals surface area contributed by atoms with E-state index in [9.17, 15) is 19.5 Å². The Morgan fingerprint density at radius 1 is 1.31 bits per heavy atom. The van der Waals surface area contributed by atoms with Crippen LogP contribution in [0.15, 0.2) is 23.4 Å². The topological polar surface area (TPSA) is 117 Å². The number of carbonyl (C=O) groups excluding carboxylic acids is 3. The number of ether oxygens (including phenoxy) is 2. The Kier molecular flexibility index (Phi) is 6.10. The molecule has 0 aromatic heterocycles. The standard InChI is InChI=1S/C17H19ClN2O6/c1-4-25-12-6-10(5-11(18)16(12)26-7-13(22)23)15-14(9(3)21)8(2)19-17(24)20-15/h5-6,15H,4,7H2,1-3H3,(H,22,23)(H2,19,20,24)/p-1. The average molecular weight is 382 g/mol. The van der Waals surface area contributed by atoms with Crippen LogP contribution in [0, 0.1) is 0 Å². The van der Waals surface area contributed by atoms with Crippen molar-refractivity contribution >= 4 is 29.4 Å². The van der Waals surface area contributed by atoms with Gasteiger partial charge in [-0.3, -0.25) is 4.79 Å². The van der Waals surface area contributed by atoms with Gasteiger partial charge in [-0.2, -0.15) is 0 Å². The van der Waals surface area contributed by atoms with Crippen LogP contribution in [0.5, 0.6) is 11.5 Å². The fourth-order valence-electron chi connectivity index (χ4n) is 2.70. The lowest BCUT2D eigenvalue weighted by atomic mass is 9.93. The fraction of sp³-hybridized carbons (Fsp3) is 0.353. The van der Waals surface area contributed by atoms with E-state index in [0.29, 0.717) is 16.8 Å². The van der Waals surface area contributed by atoms with E-state index < -0.39 is 24.6 Å². The maximum Gasteiger partial charge on any atom is 0.319 e. The number of benzene rings is 1. The number of halogens is 1. The molecule has 0 saturated heterocycles. The van der Waals surface area contributed by atoms with Gasteiger partial charge in [-0.25, -0.2) is 4.79 Å². The van der Waals surface area contributed by atoms with Crippen molar-refractivity contribution in [2.24, 2.45) is 0 Å². The van der Waals surface area contributed by atoms with Crippen LogP contribution < -0.4 is 25.2 Å². The van der Waals surface area contributed by atoms with Crippen LogP contribution in [0.4, 0.5) is 4.79 Å². The highest BCUT2D eigenvalue weighted by Crippen LogP contribution is 2.40. The summed E-state index contributed by atoms with van der Waals surface area (Å²) in [5, 5.41) is 16.0. The van der Waals surface area contributed by atoms with Crippen molar-refractivity contribution in [3.05, 3.63) is 34.0 Å². The van der Waals surface area contributed by atoms with Crippen molar-refractivity contribution in [1.29, 1.82) is 0 Å². The lowest BCUT2D eigenvalue weighted by Gasteiger charge is -2.28. The van der Waals surface area contributed by atoms with E-state index in [1.165, 1.54) is 13.0 Å². The molecule has 1 aliphatic heterocycles. The monoisotopic (exact) mass is 381 g/mol. The summed E-state index contributed by atoms with van der Waals surface area (Å²) in [6, 6.07) is 1.85. The lowest BCUT2D eigenvalue weighted by Crippen LogP contribution is -2.44. The van der Waals surface area contributed by atoms with Crippen molar-refractivity contribution in [2.45, 2.75) is 26.8 Å². The number of ketones is 1. The van der Waals surface area contributed by atoms with Crippen molar-refractivity contribution < 1.29 is 29.0 Å². The van der Waals surface area contributed by atoms with E-state index in [2.05, 4.69) is 10.6 Å². The van der Waals surface area contributed by atoms with Gasteiger partial charge in [0.15, 0.2) is 17.3 Å². The second-order valence-corrected chi connectivity index (χ2v) is 5.96. The number of hydrogen-bond donors (Lipinski definition) is 2. The molecule has 26 heavy (non-hydrogen) atoms. The normalized spacial score (nSPS) is 16.6. The molecule has 9 heteroatoms. The van der Waals surface area contributed by atoms with E-state index in [-0.39, 0.29) is 28.9 Å². The molecule has 2 N–H and O–H groups in total. The highest BCUT2D eigenvalue weighted by Gasteiger charge is 2.30. The fourth-order valence-corrected chi connectivity index (χ4v) is 2.97. The van der Waals surface area contributed by atoms with E-state index in [4.69, 9.17) is 21.1 Å². The number of rotatable bonds is 7. The van der Waals surface area contributed by atoms with E-state index in [1.54, 1.807) is 19.9 Å². The largest absolute Gasteiger partial charge is 0.546 e.